The molecule has 1 N–H and O–H groups in total. The highest BCUT2D eigenvalue weighted by molar-refractivity contribution is 6.31. The first-order chi connectivity index (χ1) is 19.5. The van der Waals surface area contributed by atoms with Gasteiger partial charge in [0.05, 0.1) is 23.3 Å². The number of carbonyl (C=O) groups is 1. The number of rotatable bonds is 7. The molecular weight excluding hydrogens is 555 g/mol. The second-order valence-electron chi connectivity index (χ2n) is 11.2. The topological polar surface area (TPSA) is 81.8 Å². The number of anilines is 1. The lowest BCUT2D eigenvalue weighted by molar-refractivity contribution is -0.120. The third kappa shape index (κ3) is 4.84. The first kappa shape index (κ1) is 27.3. The molecule has 2 aliphatic rings. The normalized spacial score (nSPS) is 18.9. The lowest BCUT2D eigenvalue weighted by Gasteiger charge is -2.17. The van der Waals surface area contributed by atoms with Gasteiger partial charge in [-0.05, 0) is 85.9 Å². The summed E-state index contributed by atoms with van der Waals surface area (Å²) in [5.41, 5.74) is 2.77. The van der Waals surface area contributed by atoms with Crippen LogP contribution >= 0.6 is 11.6 Å². The predicted molar refractivity (Wildman–Crippen MR) is 149 cm³/mol. The molecule has 11 heteroatoms. The number of aryl methyl sites for hydroxylation is 2. The van der Waals surface area contributed by atoms with E-state index < -0.39 is 23.3 Å². The van der Waals surface area contributed by atoms with Crippen molar-refractivity contribution in [3.05, 3.63) is 92.5 Å². The van der Waals surface area contributed by atoms with E-state index in [0.717, 1.165) is 12.8 Å². The summed E-state index contributed by atoms with van der Waals surface area (Å²) in [6.07, 6.45) is 6.51. The number of alkyl halides is 2. The Labute approximate surface area is 239 Å². The number of hydrogen-bond acceptors (Lipinski definition) is 4. The molecule has 6 rings (SSSR count). The van der Waals surface area contributed by atoms with Crippen LogP contribution in [0.25, 0.3) is 16.9 Å². The van der Waals surface area contributed by atoms with Crippen molar-refractivity contribution in [2.45, 2.75) is 58.4 Å². The molecule has 0 bridgehead atoms. The number of carbonyl (C=O) groups excluding carboxylic acids is 1. The molecule has 0 radical (unpaired) electrons. The van der Waals surface area contributed by atoms with Crippen LogP contribution in [-0.4, -0.2) is 25.2 Å². The van der Waals surface area contributed by atoms with Gasteiger partial charge in [-0.1, -0.05) is 24.6 Å². The van der Waals surface area contributed by atoms with E-state index in [1.807, 2.05) is 13.0 Å². The maximum Gasteiger partial charge on any atom is 0.333 e. The Morgan fingerprint density at radius 2 is 1.93 bits per heavy atom. The average molecular weight is 582 g/mol. The number of amides is 1. The fraction of sp³-hybridized carbons (Fsp3) is 0.333. The van der Waals surface area contributed by atoms with Crippen molar-refractivity contribution >= 4 is 23.2 Å². The summed E-state index contributed by atoms with van der Waals surface area (Å²) in [5.74, 6) is -0.969. The van der Waals surface area contributed by atoms with Crippen LogP contribution in [0.3, 0.4) is 0 Å². The van der Waals surface area contributed by atoms with Crippen molar-refractivity contribution in [1.29, 1.82) is 0 Å². The van der Waals surface area contributed by atoms with Gasteiger partial charge in [-0.25, -0.2) is 9.07 Å². The summed E-state index contributed by atoms with van der Waals surface area (Å²) in [4.78, 5) is 30.5. The van der Waals surface area contributed by atoms with Gasteiger partial charge >= 0.3 is 6.55 Å². The van der Waals surface area contributed by atoms with E-state index in [4.69, 9.17) is 11.6 Å². The van der Waals surface area contributed by atoms with Gasteiger partial charge < -0.3 is 5.32 Å². The second-order valence-corrected chi connectivity index (χ2v) is 11.6. The van der Waals surface area contributed by atoms with E-state index >= 15 is 4.39 Å². The molecule has 2 aliphatic carbocycles. The summed E-state index contributed by atoms with van der Waals surface area (Å²) in [6.45, 7) is 2.70. The van der Waals surface area contributed by atoms with Gasteiger partial charge in [0.2, 0.25) is 5.91 Å². The van der Waals surface area contributed by atoms with Crippen molar-refractivity contribution in [3.8, 4) is 16.9 Å². The molecule has 4 aromatic rings. The Balaban J connectivity index is 1.33. The SMILES string of the molecule is Cc1cnc(-c2cccc(NC(=O)C3(C)CC3)c2F)cc1-n1c(C)cc([C@@H]2CC2c2cnn(C(F)F)c2)c(Cl)c1=O. The number of pyridine rings is 2. The number of nitrogens with zero attached hydrogens (tertiary/aromatic N) is 4. The molecule has 3 heterocycles. The van der Waals surface area contributed by atoms with Crippen LogP contribution in [0.2, 0.25) is 5.02 Å². The Morgan fingerprint density at radius 1 is 1.17 bits per heavy atom. The fourth-order valence-electron chi connectivity index (χ4n) is 5.28. The summed E-state index contributed by atoms with van der Waals surface area (Å²) in [6, 6.07) is 8.19. The average Bonchev–Trinajstić information content (AvgIpc) is 3.84. The molecule has 2 saturated carbocycles. The summed E-state index contributed by atoms with van der Waals surface area (Å²) < 4.78 is 43.6. The molecule has 1 amide bonds. The smallest absolute Gasteiger partial charge is 0.323 e. The Bertz CT molecular complexity index is 1760. The molecule has 3 aromatic heterocycles. The predicted octanol–water partition coefficient (Wildman–Crippen LogP) is 6.91. The molecule has 2 fully saturated rings. The van der Waals surface area contributed by atoms with E-state index in [1.165, 1.54) is 23.0 Å². The lowest BCUT2D eigenvalue weighted by atomic mass is 10.0. The van der Waals surface area contributed by atoms with Gasteiger partial charge in [-0.15, -0.1) is 0 Å². The molecule has 1 aromatic carbocycles. The third-order valence-corrected chi connectivity index (χ3v) is 8.57. The van der Waals surface area contributed by atoms with Crippen molar-refractivity contribution in [1.82, 2.24) is 19.3 Å². The number of aromatic nitrogens is 4. The minimum absolute atomic E-state index is 0.0478. The van der Waals surface area contributed by atoms with Crippen LogP contribution in [0.4, 0.5) is 18.9 Å². The van der Waals surface area contributed by atoms with E-state index in [9.17, 15) is 18.4 Å². The fourth-order valence-corrected chi connectivity index (χ4v) is 5.56. The molecule has 1 unspecified atom stereocenters. The summed E-state index contributed by atoms with van der Waals surface area (Å²) in [7, 11) is 0. The van der Waals surface area contributed by atoms with Crippen molar-refractivity contribution < 1.29 is 18.0 Å². The zero-order valence-electron chi connectivity index (χ0n) is 22.6. The van der Waals surface area contributed by atoms with Crippen molar-refractivity contribution in [2.24, 2.45) is 5.41 Å². The van der Waals surface area contributed by atoms with E-state index in [1.54, 1.807) is 38.2 Å². The van der Waals surface area contributed by atoms with E-state index in [2.05, 4.69) is 15.4 Å². The van der Waals surface area contributed by atoms with Gasteiger partial charge in [0, 0.05) is 29.1 Å². The van der Waals surface area contributed by atoms with Gasteiger partial charge in [-0.3, -0.25) is 19.1 Å². The zero-order chi connectivity index (χ0) is 29.2. The molecule has 212 valence electrons. The Hall–Kier alpha value is -3.92. The Kier molecular flexibility index (Phi) is 6.56. The highest BCUT2D eigenvalue weighted by Crippen LogP contribution is 2.56. The van der Waals surface area contributed by atoms with Crippen LogP contribution < -0.4 is 10.9 Å². The van der Waals surface area contributed by atoms with Gasteiger partial charge in [0.15, 0.2) is 5.82 Å². The first-order valence-corrected chi connectivity index (χ1v) is 13.7. The van der Waals surface area contributed by atoms with Crippen LogP contribution in [0.5, 0.6) is 0 Å². The maximum absolute atomic E-state index is 15.6. The minimum Gasteiger partial charge on any atom is -0.323 e. The standard InChI is InChI=1S/C30H27ClF3N5O2/c1-15-12-35-23(18-5-4-6-22(26(18)32)37-28(41)30(3)7-8-30)11-24(15)39-16(2)9-21(25(31)27(39)40)20-10-19(20)17-13-36-38(14-17)29(33)34/h4-6,9,11-14,19-20,29H,7-8,10H2,1-3H3,(H,37,41)/t19?,20-/m1/s1. The van der Waals surface area contributed by atoms with Crippen LogP contribution in [0.1, 0.15) is 67.0 Å². The monoisotopic (exact) mass is 581 g/mol. The lowest BCUT2D eigenvalue weighted by Crippen LogP contribution is -2.23. The van der Waals surface area contributed by atoms with Gasteiger partial charge in [0.25, 0.3) is 5.56 Å². The third-order valence-electron chi connectivity index (χ3n) is 8.19. The van der Waals surface area contributed by atoms with Gasteiger partial charge in [-0.2, -0.15) is 13.9 Å². The highest BCUT2D eigenvalue weighted by Gasteiger charge is 2.45. The zero-order valence-corrected chi connectivity index (χ0v) is 23.3. The van der Waals surface area contributed by atoms with E-state index in [-0.39, 0.29) is 34.0 Å². The number of nitrogens with one attached hydrogen (secondary N) is 1. The molecule has 0 aliphatic heterocycles. The molecule has 0 spiro atoms. The molecule has 41 heavy (non-hydrogen) atoms. The van der Waals surface area contributed by atoms with Crippen LogP contribution in [-0.2, 0) is 4.79 Å². The molecule has 7 nitrogen and oxygen atoms in total. The highest BCUT2D eigenvalue weighted by atomic mass is 35.5. The van der Waals surface area contributed by atoms with E-state index in [0.29, 0.717) is 44.9 Å². The quantitative estimate of drug-likeness (QED) is 0.257. The van der Waals surface area contributed by atoms with Crippen molar-refractivity contribution in [3.63, 3.8) is 0 Å². The largest absolute Gasteiger partial charge is 0.333 e. The number of halogens is 4. The number of benzene rings is 1. The minimum atomic E-state index is -2.72. The van der Waals surface area contributed by atoms with Gasteiger partial charge in [0.1, 0.15) is 5.02 Å². The van der Waals surface area contributed by atoms with Crippen molar-refractivity contribution in [2.75, 3.05) is 5.32 Å². The van der Waals surface area contributed by atoms with Crippen LogP contribution in [0, 0.1) is 25.1 Å². The summed E-state index contributed by atoms with van der Waals surface area (Å²) >= 11 is 6.62. The summed E-state index contributed by atoms with van der Waals surface area (Å²) in [5, 5.41) is 6.45. The molecule has 2 atom stereocenters. The maximum atomic E-state index is 15.6. The first-order valence-electron chi connectivity index (χ1n) is 13.3. The molecular formula is C30H27ClF3N5O2. The number of hydrogen-bond donors (Lipinski definition) is 1. The van der Waals surface area contributed by atoms with Crippen LogP contribution in [0.15, 0.2) is 53.7 Å². The Morgan fingerprint density at radius 3 is 2.61 bits per heavy atom. The molecule has 0 saturated heterocycles. The second kappa shape index (κ2) is 9.87.